The van der Waals surface area contributed by atoms with Gasteiger partial charge < -0.3 is 15.0 Å². The summed E-state index contributed by atoms with van der Waals surface area (Å²) in [5, 5.41) is 2.59. The van der Waals surface area contributed by atoms with Crippen molar-refractivity contribution in [3.8, 4) is 5.75 Å². The number of sulfonamides is 1. The first kappa shape index (κ1) is 25.1. The zero-order valence-corrected chi connectivity index (χ0v) is 20.8. The van der Waals surface area contributed by atoms with Crippen LogP contribution in [0.1, 0.15) is 10.4 Å². The number of carbonyl (C=O) groups is 2. The second-order valence-electron chi connectivity index (χ2n) is 7.41. The number of nitrogens with zero attached hydrogens (tertiary/aromatic N) is 2. The molecule has 0 aliphatic rings. The van der Waals surface area contributed by atoms with Crippen LogP contribution in [-0.4, -0.2) is 52.7 Å². The SMILES string of the molecule is COc1ccc(N(C)S(=O)(=O)c2cccc(C(=O)Nc3ccccc3SC(=O)N(C)C)c2)cc1. The molecule has 34 heavy (non-hydrogen) atoms. The largest absolute Gasteiger partial charge is 0.497 e. The number of nitrogens with one attached hydrogen (secondary N) is 1. The lowest BCUT2D eigenvalue weighted by molar-refractivity contribution is 0.102. The zero-order chi connectivity index (χ0) is 24.9. The lowest BCUT2D eigenvalue weighted by Crippen LogP contribution is -2.26. The van der Waals surface area contributed by atoms with Crippen LogP contribution in [0.15, 0.2) is 82.6 Å². The van der Waals surface area contributed by atoms with Crippen molar-refractivity contribution in [3.63, 3.8) is 0 Å². The molecule has 0 aliphatic carbocycles. The van der Waals surface area contributed by atoms with Crippen molar-refractivity contribution in [1.29, 1.82) is 0 Å². The van der Waals surface area contributed by atoms with Gasteiger partial charge in [0, 0.05) is 31.6 Å². The average molecular weight is 500 g/mol. The van der Waals surface area contributed by atoms with Gasteiger partial charge in [-0.25, -0.2) is 8.42 Å². The van der Waals surface area contributed by atoms with Gasteiger partial charge in [0.1, 0.15) is 5.75 Å². The van der Waals surface area contributed by atoms with Crippen molar-refractivity contribution in [2.24, 2.45) is 0 Å². The van der Waals surface area contributed by atoms with Crippen LogP contribution in [0.5, 0.6) is 5.75 Å². The first-order valence-corrected chi connectivity index (χ1v) is 12.4. The normalized spacial score (nSPS) is 10.9. The van der Waals surface area contributed by atoms with Gasteiger partial charge in [0.25, 0.3) is 21.2 Å². The third-order valence-electron chi connectivity index (χ3n) is 4.89. The summed E-state index contributed by atoms with van der Waals surface area (Å²) in [5.41, 5.74) is 1.08. The van der Waals surface area contributed by atoms with Gasteiger partial charge in [-0.15, -0.1) is 0 Å². The Morgan fingerprint density at radius 1 is 0.912 bits per heavy atom. The quantitative estimate of drug-likeness (QED) is 0.479. The molecule has 0 saturated carbocycles. The maximum atomic E-state index is 13.2. The molecule has 0 atom stereocenters. The van der Waals surface area contributed by atoms with Gasteiger partial charge in [0.15, 0.2) is 0 Å². The summed E-state index contributed by atoms with van der Waals surface area (Å²) in [6, 6.07) is 19.3. The van der Waals surface area contributed by atoms with Crippen LogP contribution in [0, 0.1) is 0 Å². The van der Waals surface area contributed by atoms with E-state index in [-0.39, 0.29) is 15.7 Å². The summed E-state index contributed by atoms with van der Waals surface area (Å²) in [6.45, 7) is 0. The fraction of sp³-hybridized carbons (Fsp3) is 0.167. The molecular weight excluding hydrogens is 474 g/mol. The highest BCUT2D eigenvalue weighted by Gasteiger charge is 2.23. The van der Waals surface area contributed by atoms with Crippen LogP contribution >= 0.6 is 11.8 Å². The van der Waals surface area contributed by atoms with E-state index in [9.17, 15) is 18.0 Å². The number of methoxy groups -OCH3 is 1. The maximum absolute atomic E-state index is 13.2. The van der Waals surface area contributed by atoms with Crippen LogP contribution in [0.2, 0.25) is 0 Å². The molecule has 2 amide bonds. The summed E-state index contributed by atoms with van der Waals surface area (Å²) < 4.78 is 32.6. The Kier molecular flexibility index (Phi) is 7.85. The number of thioether (sulfide) groups is 1. The molecule has 0 radical (unpaired) electrons. The molecule has 0 saturated heterocycles. The molecule has 0 spiro atoms. The Balaban J connectivity index is 1.84. The Morgan fingerprint density at radius 3 is 2.24 bits per heavy atom. The third-order valence-corrected chi connectivity index (χ3v) is 7.79. The third kappa shape index (κ3) is 5.70. The van der Waals surface area contributed by atoms with E-state index < -0.39 is 15.9 Å². The molecular formula is C24H25N3O5S2. The minimum Gasteiger partial charge on any atom is -0.497 e. The van der Waals surface area contributed by atoms with Crippen molar-refractivity contribution in [2.75, 3.05) is 37.9 Å². The number of benzene rings is 3. The maximum Gasteiger partial charge on any atom is 0.286 e. The van der Waals surface area contributed by atoms with E-state index >= 15 is 0 Å². The molecule has 10 heteroatoms. The first-order valence-electron chi connectivity index (χ1n) is 10.2. The Bertz CT molecular complexity index is 1290. The van der Waals surface area contributed by atoms with Crippen molar-refractivity contribution in [1.82, 2.24) is 4.90 Å². The molecule has 178 valence electrons. The van der Waals surface area contributed by atoms with Crippen LogP contribution in [0.4, 0.5) is 16.2 Å². The molecule has 0 heterocycles. The minimum absolute atomic E-state index is 0.0242. The molecule has 3 aromatic rings. The topological polar surface area (TPSA) is 96.0 Å². The van der Waals surface area contributed by atoms with E-state index in [1.165, 1.54) is 43.3 Å². The van der Waals surface area contributed by atoms with Gasteiger partial charge in [-0.1, -0.05) is 18.2 Å². The van der Waals surface area contributed by atoms with E-state index in [1.54, 1.807) is 62.6 Å². The second kappa shape index (κ2) is 10.6. The van der Waals surface area contributed by atoms with Crippen LogP contribution in [0.25, 0.3) is 0 Å². The average Bonchev–Trinajstić information content (AvgIpc) is 2.84. The molecule has 3 rings (SSSR count). The summed E-state index contributed by atoms with van der Waals surface area (Å²) in [4.78, 5) is 27.0. The zero-order valence-electron chi connectivity index (χ0n) is 19.2. The van der Waals surface area contributed by atoms with Crippen molar-refractivity contribution in [3.05, 3.63) is 78.4 Å². The van der Waals surface area contributed by atoms with Crippen LogP contribution in [-0.2, 0) is 10.0 Å². The van der Waals surface area contributed by atoms with Gasteiger partial charge in [-0.2, -0.15) is 0 Å². The lowest BCUT2D eigenvalue weighted by Gasteiger charge is -2.20. The summed E-state index contributed by atoms with van der Waals surface area (Å²) >= 11 is 0.988. The predicted octanol–water partition coefficient (Wildman–Crippen LogP) is 4.55. The number of hydrogen-bond donors (Lipinski definition) is 1. The van der Waals surface area contributed by atoms with Gasteiger partial charge in [0.05, 0.1) is 23.4 Å². The monoisotopic (exact) mass is 499 g/mol. The van der Waals surface area contributed by atoms with Gasteiger partial charge in [-0.3, -0.25) is 13.9 Å². The summed E-state index contributed by atoms with van der Waals surface area (Å²) in [7, 11) is 2.35. The van der Waals surface area contributed by atoms with Crippen molar-refractivity contribution >= 4 is 44.3 Å². The number of anilines is 2. The van der Waals surface area contributed by atoms with E-state index in [2.05, 4.69) is 5.32 Å². The number of ether oxygens (including phenoxy) is 1. The summed E-state index contributed by atoms with van der Waals surface area (Å²) in [5.74, 6) is 0.119. The number of hydrogen-bond acceptors (Lipinski definition) is 6. The van der Waals surface area contributed by atoms with Crippen molar-refractivity contribution < 1.29 is 22.7 Å². The molecule has 1 N–H and O–H groups in total. The highest BCUT2D eigenvalue weighted by atomic mass is 32.2. The smallest absolute Gasteiger partial charge is 0.286 e. The number of para-hydroxylation sites is 1. The highest BCUT2D eigenvalue weighted by Crippen LogP contribution is 2.29. The molecule has 0 fully saturated rings. The van der Waals surface area contributed by atoms with E-state index in [4.69, 9.17) is 4.74 Å². The lowest BCUT2D eigenvalue weighted by atomic mass is 10.2. The van der Waals surface area contributed by atoms with Gasteiger partial charge in [-0.05, 0) is 66.4 Å². The fourth-order valence-electron chi connectivity index (χ4n) is 2.93. The van der Waals surface area contributed by atoms with Crippen LogP contribution in [0.3, 0.4) is 0 Å². The fourth-order valence-corrected chi connectivity index (χ4v) is 4.91. The highest BCUT2D eigenvalue weighted by molar-refractivity contribution is 8.13. The molecule has 3 aromatic carbocycles. The Hall–Kier alpha value is -3.50. The van der Waals surface area contributed by atoms with Gasteiger partial charge >= 0.3 is 0 Å². The van der Waals surface area contributed by atoms with Crippen LogP contribution < -0.4 is 14.4 Å². The van der Waals surface area contributed by atoms with E-state index in [0.717, 1.165) is 16.1 Å². The molecule has 0 unspecified atom stereocenters. The van der Waals surface area contributed by atoms with Crippen molar-refractivity contribution in [2.45, 2.75) is 9.79 Å². The number of rotatable bonds is 7. The standard InChI is InChI=1S/C24H25N3O5S2/c1-26(2)24(29)33-22-11-6-5-10-21(22)25-23(28)17-8-7-9-20(16-17)34(30,31)27(3)18-12-14-19(32-4)15-13-18/h5-16H,1-4H3,(H,25,28). The molecule has 0 aromatic heterocycles. The Morgan fingerprint density at radius 2 is 1.59 bits per heavy atom. The number of amides is 2. The molecule has 0 bridgehead atoms. The summed E-state index contributed by atoms with van der Waals surface area (Å²) in [6.07, 6.45) is 0. The predicted molar refractivity (Wildman–Crippen MR) is 134 cm³/mol. The number of carbonyl (C=O) groups excluding carboxylic acids is 2. The van der Waals surface area contributed by atoms with Gasteiger partial charge in [0.2, 0.25) is 0 Å². The van der Waals surface area contributed by atoms with E-state index in [0.29, 0.717) is 22.0 Å². The van der Waals surface area contributed by atoms with E-state index in [1.807, 2.05) is 0 Å². The first-order chi connectivity index (χ1) is 16.1. The minimum atomic E-state index is -3.92. The second-order valence-corrected chi connectivity index (χ2v) is 10.4. The Labute approximate surface area is 203 Å². The molecule has 0 aliphatic heterocycles. The molecule has 8 nitrogen and oxygen atoms in total.